The third-order valence-electron chi connectivity index (χ3n) is 4.66. The molecule has 5 nitrogen and oxygen atoms in total. The van der Waals surface area contributed by atoms with Crippen molar-refractivity contribution in [2.75, 3.05) is 39.3 Å². The molecule has 1 N–H and O–H groups in total. The van der Waals surface area contributed by atoms with Crippen LogP contribution in [0.4, 0.5) is 13.2 Å². The first-order valence-electron chi connectivity index (χ1n) is 8.01. The third kappa shape index (κ3) is 3.95. The van der Waals surface area contributed by atoms with Gasteiger partial charge < -0.3 is 5.32 Å². The average molecular weight is 398 g/mol. The van der Waals surface area contributed by atoms with Crippen molar-refractivity contribution in [2.24, 2.45) is 0 Å². The molecule has 2 fully saturated rings. The van der Waals surface area contributed by atoms with Crippen molar-refractivity contribution in [3.8, 4) is 0 Å². The molecule has 10 heteroatoms. The lowest BCUT2D eigenvalue weighted by atomic mass is 10.2. The van der Waals surface area contributed by atoms with Crippen molar-refractivity contribution in [3.05, 3.63) is 28.8 Å². The van der Waals surface area contributed by atoms with Gasteiger partial charge in [0.1, 0.15) is 0 Å². The second kappa shape index (κ2) is 7.03. The summed E-state index contributed by atoms with van der Waals surface area (Å²) < 4.78 is 66.5. The molecule has 3 rings (SSSR count). The number of nitrogens with zero attached hydrogens (tertiary/aromatic N) is 2. The highest BCUT2D eigenvalue weighted by molar-refractivity contribution is 7.89. The number of rotatable bonds is 3. The maximum Gasteiger partial charge on any atom is 0.417 e. The molecular formula is C15H19ClF3N3O2S. The van der Waals surface area contributed by atoms with Crippen LogP contribution in [0.5, 0.6) is 0 Å². The molecule has 2 aliphatic rings. The van der Waals surface area contributed by atoms with Crippen LogP contribution in [0.25, 0.3) is 0 Å². The zero-order chi connectivity index (χ0) is 18.2. The molecule has 2 saturated heterocycles. The fraction of sp³-hybridized carbons (Fsp3) is 0.600. The molecule has 2 aliphatic heterocycles. The predicted octanol–water partition coefficient (Wildman–Crippen LogP) is 2.03. The molecule has 1 unspecified atom stereocenters. The number of nitrogens with one attached hydrogen (secondary N) is 1. The Kier molecular flexibility index (Phi) is 5.32. The standard InChI is InChI=1S/C15H19ClF3N3O2S/c16-11-1-2-14(13(9-11)15(17,18)19)25(23,24)22-6-3-12(10-22)21-7-4-20-5-8-21/h1-2,9,12,20H,3-8,10H2. The number of hydrogen-bond acceptors (Lipinski definition) is 4. The van der Waals surface area contributed by atoms with Crippen molar-refractivity contribution in [1.82, 2.24) is 14.5 Å². The number of alkyl halides is 3. The van der Waals surface area contributed by atoms with E-state index in [9.17, 15) is 21.6 Å². The minimum Gasteiger partial charge on any atom is -0.314 e. The van der Waals surface area contributed by atoms with Gasteiger partial charge in [-0.25, -0.2) is 8.42 Å². The summed E-state index contributed by atoms with van der Waals surface area (Å²) in [5.41, 5.74) is -1.22. The number of hydrogen-bond donors (Lipinski definition) is 1. The third-order valence-corrected chi connectivity index (χ3v) is 6.82. The highest BCUT2D eigenvalue weighted by Gasteiger charge is 2.42. The highest BCUT2D eigenvalue weighted by atomic mass is 35.5. The van der Waals surface area contributed by atoms with E-state index >= 15 is 0 Å². The lowest BCUT2D eigenvalue weighted by molar-refractivity contribution is -0.139. The summed E-state index contributed by atoms with van der Waals surface area (Å²) in [4.78, 5) is 1.46. The lowest BCUT2D eigenvalue weighted by Crippen LogP contribution is -2.49. The van der Waals surface area contributed by atoms with Gasteiger partial charge in [-0.3, -0.25) is 4.90 Å². The van der Waals surface area contributed by atoms with E-state index in [0.717, 1.165) is 36.6 Å². The maximum atomic E-state index is 13.3. The van der Waals surface area contributed by atoms with Crippen LogP contribution in [0.15, 0.2) is 23.1 Å². The quantitative estimate of drug-likeness (QED) is 0.848. The minimum atomic E-state index is -4.79. The van der Waals surface area contributed by atoms with Crippen molar-refractivity contribution in [3.63, 3.8) is 0 Å². The zero-order valence-corrected chi connectivity index (χ0v) is 15.0. The SMILES string of the molecule is O=S(=O)(c1ccc(Cl)cc1C(F)(F)F)N1CCC(N2CCNCC2)C1. The molecule has 0 spiro atoms. The Bertz CT molecular complexity index is 736. The fourth-order valence-corrected chi connectivity index (χ4v) is 5.22. The first-order valence-corrected chi connectivity index (χ1v) is 9.83. The minimum absolute atomic E-state index is 0.0403. The first kappa shape index (κ1) is 18.9. The molecule has 0 amide bonds. The van der Waals surface area contributed by atoms with Gasteiger partial charge in [0.05, 0.1) is 10.5 Å². The Labute approximate surface area is 149 Å². The zero-order valence-electron chi connectivity index (χ0n) is 13.4. The summed E-state index contributed by atoms with van der Waals surface area (Å²) in [6.45, 7) is 3.72. The van der Waals surface area contributed by atoms with E-state index in [2.05, 4.69) is 10.2 Å². The van der Waals surface area contributed by atoms with Crippen LogP contribution < -0.4 is 5.32 Å². The van der Waals surface area contributed by atoms with Gasteiger partial charge in [-0.1, -0.05) is 11.6 Å². The largest absolute Gasteiger partial charge is 0.417 e. The summed E-state index contributed by atoms with van der Waals surface area (Å²) in [6, 6.07) is 2.82. The van der Waals surface area contributed by atoms with Crippen molar-refractivity contribution in [1.29, 1.82) is 0 Å². The second-order valence-corrected chi connectivity index (χ2v) is 8.57. The molecule has 1 aromatic rings. The summed E-state index contributed by atoms with van der Waals surface area (Å²) in [6.07, 6.45) is -4.17. The molecular weight excluding hydrogens is 379 g/mol. The van der Waals surface area contributed by atoms with Gasteiger partial charge in [0, 0.05) is 50.3 Å². The Balaban J connectivity index is 1.85. The summed E-state index contributed by atoms with van der Waals surface area (Å²) >= 11 is 5.64. The molecule has 1 aromatic carbocycles. The molecule has 0 aromatic heterocycles. The van der Waals surface area contributed by atoms with E-state index in [4.69, 9.17) is 11.6 Å². The first-order chi connectivity index (χ1) is 11.7. The van der Waals surface area contributed by atoms with Crippen molar-refractivity contribution < 1.29 is 21.6 Å². The van der Waals surface area contributed by atoms with Crippen LogP contribution in [0.2, 0.25) is 5.02 Å². The number of piperazine rings is 1. The van der Waals surface area contributed by atoms with Crippen molar-refractivity contribution >= 4 is 21.6 Å². The Hall–Kier alpha value is -0.870. The van der Waals surface area contributed by atoms with Crippen LogP contribution >= 0.6 is 11.6 Å². The Morgan fingerprint density at radius 2 is 1.84 bits per heavy atom. The normalized spacial score (nSPS) is 23.9. The van der Waals surface area contributed by atoms with Gasteiger partial charge >= 0.3 is 6.18 Å². The van der Waals surface area contributed by atoms with Gasteiger partial charge in [0.15, 0.2) is 0 Å². The average Bonchev–Trinajstić information content (AvgIpc) is 3.05. The number of sulfonamides is 1. The highest BCUT2D eigenvalue weighted by Crippen LogP contribution is 2.37. The monoisotopic (exact) mass is 397 g/mol. The predicted molar refractivity (Wildman–Crippen MR) is 88.1 cm³/mol. The van der Waals surface area contributed by atoms with Gasteiger partial charge in [-0.2, -0.15) is 17.5 Å². The van der Waals surface area contributed by atoms with E-state index < -0.39 is 26.7 Å². The molecule has 0 saturated carbocycles. The van der Waals surface area contributed by atoms with E-state index in [1.165, 1.54) is 6.07 Å². The molecule has 140 valence electrons. The lowest BCUT2D eigenvalue weighted by Gasteiger charge is -2.32. The van der Waals surface area contributed by atoms with Crippen molar-refractivity contribution in [2.45, 2.75) is 23.5 Å². The Morgan fingerprint density at radius 3 is 2.48 bits per heavy atom. The van der Waals surface area contributed by atoms with Crippen LogP contribution in [-0.2, 0) is 16.2 Å². The number of halogens is 4. The molecule has 1 atom stereocenters. The van der Waals surface area contributed by atoms with Crippen LogP contribution in [0, 0.1) is 0 Å². The van der Waals surface area contributed by atoms with E-state index in [0.29, 0.717) is 12.5 Å². The van der Waals surface area contributed by atoms with Gasteiger partial charge in [0.2, 0.25) is 10.0 Å². The molecule has 0 radical (unpaired) electrons. The smallest absolute Gasteiger partial charge is 0.314 e. The molecule has 0 bridgehead atoms. The summed E-state index contributed by atoms with van der Waals surface area (Å²) in [5, 5.41) is 3.08. The van der Waals surface area contributed by atoms with E-state index in [-0.39, 0.29) is 24.2 Å². The van der Waals surface area contributed by atoms with E-state index in [1.54, 1.807) is 0 Å². The maximum absolute atomic E-state index is 13.3. The summed E-state index contributed by atoms with van der Waals surface area (Å²) in [5.74, 6) is 0. The second-order valence-electron chi connectivity index (χ2n) is 6.23. The van der Waals surface area contributed by atoms with Crippen LogP contribution in [-0.4, -0.2) is 62.9 Å². The fourth-order valence-electron chi connectivity index (χ4n) is 3.36. The molecule has 2 heterocycles. The Morgan fingerprint density at radius 1 is 1.16 bits per heavy atom. The van der Waals surface area contributed by atoms with Gasteiger partial charge in [-0.15, -0.1) is 0 Å². The van der Waals surface area contributed by atoms with Gasteiger partial charge in [-0.05, 0) is 24.6 Å². The summed E-state index contributed by atoms with van der Waals surface area (Å²) in [7, 11) is -4.23. The molecule has 25 heavy (non-hydrogen) atoms. The number of benzene rings is 1. The van der Waals surface area contributed by atoms with E-state index in [1.807, 2.05) is 0 Å². The van der Waals surface area contributed by atoms with Gasteiger partial charge in [0.25, 0.3) is 0 Å². The van der Waals surface area contributed by atoms with Crippen LogP contribution in [0.1, 0.15) is 12.0 Å². The topological polar surface area (TPSA) is 52.7 Å². The van der Waals surface area contributed by atoms with Crippen LogP contribution in [0.3, 0.4) is 0 Å². The molecule has 0 aliphatic carbocycles.